The van der Waals surface area contributed by atoms with Gasteiger partial charge in [-0.3, -0.25) is 14.3 Å². The number of nitrogens with one attached hydrogen (secondary N) is 1. The lowest BCUT2D eigenvalue weighted by atomic mass is 10.1. The van der Waals surface area contributed by atoms with Crippen molar-refractivity contribution >= 4 is 17.5 Å². The van der Waals surface area contributed by atoms with E-state index in [0.717, 1.165) is 4.68 Å². The van der Waals surface area contributed by atoms with Gasteiger partial charge in [-0.1, -0.05) is 23.7 Å². The van der Waals surface area contributed by atoms with Crippen LogP contribution >= 0.6 is 11.6 Å². The van der Waals surface area contributed by atoms with Crippen LogP contribution in [0.25, 0.3) is 17.1 Å². The van der Waals surface area contributed by atoms with Crippen molar-refractivity contribution in [2.45, 2.75) is 13.0 Å². The Morgan fingerprint density at radius 1 is 1.26 bits per heavy atom. The molecule has 0 saturated heterocycles. The van der Waals surface area contributed by atoms with Crippen molar-refractivity contribution in [3.63, 3.8) is 0 Å². The first kappa shape index (κ1) is 18.8. The van der Waals surface area contributed by atoms with E-state index in [1.807, 2.05) is 0 Å². The third-order valence-electron chi connectivity index (χ3n) is 3.86. The minimum atomic E-state index is -0.603. The van der Waals surface area contributed by atoms with Crippen molar-refractivity contribution in [3.8, 4) is 17.1 Å². The predicted octanol–water partition coefficient (Wildman–Crippen LogP) is 1.40. The van der Waals surface area contributed by atoms with Crippen molar-refractivity contribution in [3.05, 3.63) is 63.5 Å². The van der Waals surface area contributed by atoms with Crippen molar-refractivity contribution in [2.75, 3.05) is 6.61 Å². The van der Waals surface area contributed by atoms with Gasteiger partial charge in [-0.05, 0) is 25.1 Å². The SMILES string of the molecule is CC(CO)NC(=O)c1cc(-c2ccc(Cl)cc2)nn(-c2ccn(C)n2)c1=O. The molecule has 3 aromatic rings. The lowest BCUT2D eigenvalue weighted by Gasteiger charge is -2.12. The highest BCUT2D eigenvalue weighted by atomic mass is 35.5. The fourth-order valence-electron chi connectivity index (χ4n) is 2.44. The van der Waals surface area contributed by atoms with Gasteiger partial charge >= 0.3 is 0 Å². The minimum absolute atomic E-state index is 0.0964. The smallest absolute Gasteiger partial charge is 0.285 e. The second-order valence-electron chi connectivity index (χ2n) is 6.07. The third kappa shape index (κ3) is 4.07. The highest BCUT2D eigenvalue weighted by Crippen LogP contribution is 2.20. The van der Waals surface area contributed by atoms with Crippen LogP contribution in [0.3, 0.4) is 0 Å². The molecule has 27 heavy (non-hydrogen) atoms. The van der Waals surface area contributed by atoms with E-state index in [4.69, 9.17) is 16.7 Å². The van der Waals surface area contributed by atoms with Crippen LogP contribution < -0.4 is 10.9 Å². The number of hydrogen-bond donors (Lipinski definition) is 2. The number of aryl methyl sites for hydroxylation is 1. The van der Waals surface area contributed by atoms with E-state index in [0.29, 0.717) is 22.1 Å². The van der Waals surface area contributed by atoms with Gasteiger partial charge in [0, 0.05) is 35.9 Å². The van der Waals surface area contributed by atoms with Gasteiger partial charge in [-0.2, -0.15) is 14.9 Å². The highest BCUT2D eigenvalue weighted by Gasteiger charge is 2.19. The number of carbonyl (C=O) groups excluding carboxylic acids is 1. The second-order valence-corrected chi connectivity index (χ2v) is 6.51. The van der Waals surface area contributed by atoms with Gasteiger partial charge < -0.3 is 10.4 Å². The predicted molar refractivity (Wildman–Crippen MR) is 101 cm³/mol. The molecule has 2 N–H and O–H groups in total. The molecule has 0 fully saturated rings. The normalized spacial score (nSPS) is 12.0. The summed E-state index contributed by atoms with van der Waals surface area (Å²) in [6.07, 6.45) is 1.67. The maximum Gasteiger partial charge on any atom is 0.285 e. The number of aliphatic hydroxyl groups is 1. The van der Waals surface area contributed by atoms with Crippen LogP contribution in [0.2, 0.25) is 5.02 Å². The molecule has 9 heteroatoms. The zero-order valence-corrected chi connectivity index (χ0v) is 15.5. The second kappa shape index (κ2) is 7.73. The fourth-order valence-corrected chi connectivity index (χ4v) is 2.56. The number of amides is 1. The molecule has 1 amide bonds. The van der Waals surface area contributed by atoms with Gasteiger partial charge in [0.15, 0.2) is 5.82 Å². The van der Waals surface area contributed by atoms with Crippen LogP contribution in [0.1, 0.15) is 17.3 Å². The third-order valence-corrected chi connectivity index (χ3v) is 4.12. The van der Waals surface area contributed by atoms with E-state index in [9.17, 15) is 9.59 Å². The molecule has 0 aliphatic heterocycles. The van der Waals surface area contributed by atoms with Gasteiger partial charge in [0.2, 0.25) is 0 Å². The Balaban J connectivity index is 2.17. The van der Waals surface area contributed by atoms with Gasteiger partial charge in [0.1, 0.15) is 5.56 Å². The van der Waals surface area contributed by atoms with Crippen LogP contribution in [0, 0.1) is 0 Å². The molecule has 0 radical (unpaired) electrons. The lowest BCUT2D eigenvalue weighted by molar-refractivity contribution is 0.0920. The van der Waals surface area contributed by atoms with Crippen LogP contribution in [0.5, 0.6) is 0 Å². The highest BCUT2D eigenvalue weighted by molar-refractivity contribution is 6.30. The Kier molecular flexibility index (Phi) is 5.38. The average molecular weight is 388 g/mol. The van der Waals surface area contributed by atoms with E-state index in [1.165, 1.54) is 10.7 Å². The first-order valence-electron chi connectivity index (χ1n) is 8.21. The molecule has 3 rings (SSSR count). The number of rotatable bonds is 5. The number of hydrogen-bond acceptors (Lipinski definition) is 5. The lowest BCUT2D eigenvalue weighted by Crippen LogP contribution is -2.39. The molecule has 0 spiro atoms. The van der Waals surface area contributed by atoms with Crippen molar-refractivity contribution in [1.82, 2.24) is 24.9 Å². The largest absolute Gasteiger partial charge is 0.394 e. The topological polar surface area (TPSA) is 102 Å². The molecule has 2 heterocycles. The number of aliphatic hydroxyl groups excluding tert-OH is 1. The molecule has 2 aromatic heterocycles. The number of nitrogens with zero attached hydrogens (tertiary/aromatic N) is 4. The number of halogens is 1. The summed E-state index contributed by atoms with van der Waals surface area (Å²) in [6.45, 7) is 1.39. The minimum Gasteiger partial charge on any atom is -0.394 e. The fraction of sp³-hybridized carbons (Fsp3) is 0.222. The Labute approximate surface area is 160 Å². The summed E-state index contributed by atoms with van der Waals surface area (Å²) in [5, 5.41) is 20.8. The Morgan fingerprint density at radius 3 is 2.56 bits per heavy atom. The number of aromatic nitrogens is 4. The Bertz CT molecular complexity index is 1030. The van der Waals surface area contributed by atoms with E-state index in [-0.39, 0.29) is 12.2 Å². The van der Waals surface area contributed by atoms with Crippen LogP contribution in [0.4, 0.5) is 0 Å². The molecular weight excluding hydrogens is 370 g/mol. The summed E-state index contributed by atoms with van der Waals surface area (Å²) in [5.41, 5.74) is 0.405. The first-order valence-corrected chi connectivity index (χ1v) is 8.59. The molecule has 140 valence electrons. The summed E-state index contributed by atoms with van der Waals surface area (Å²) in [7, 11) is 1.72. The van der Waals surface area contributed by atoms with Gasteiger partial charge in [0.25, 0.3) is 11.5 Å². The number of carbonyl (C=O) groups is 1. The summed E-state index contributed by atoms with van der Waals surface area (Å²) in [5.74, 6) is -0.300. The Morgan fingerprint density at radius 2 is 1.96 bits per heavy atom. The molecule has 0 aliphatic rings. The molecule has 1 aromatic carbocycles. The standard InChI is InChI=1S/C18H18ClN5O3/c1-11(10-25)20-17(26)14-9-15(12-3-5-13(19)6-4-12)21-24(18(14)27)16-7-8-23(2)22-16/h3-9,11,25H,10H2,1-2H3,(H,20,26). The maximum absolute atomic E-state index is 12.8. The maximum atomic E-state index is 12.8. The summed E-state index contributed by atoms with van der Waals surface area (Å²) >= 11 is 5.93. The van der Waals surface area contributed by atoms with Gasteiger partial charge in [-0.15, -0.1) is 0 Å². The van der Waals surface area contributed by atoms with Crippen LogP contribution in [0.15, 0.2) is 47.4 Å². The summed E-state index contributed by atoms with van der Waals surface area (Å²) in [6, 6.07) is 9.44. The van der Waals surface area contributed by atoms with Crippen molar-refractivity contribution in [2.24, 2.45) is 7.05 Å². The summed E-state index contributed by atoms with van der Waals surface area (Å²) in [4.78, 5) is 25.4. The van der Waals surface area contributed by atoms with Crippen LogP contribution in [-0.4, -0.2) is 43.2 Å². The Hall–Kier alpha value is -2.97. The van der Waals surface area contributed by atoms with E-state index in [2.05, 4.69) is 15.5 Å². The monoisotopic (exact) mass is 387 g/mol. The zero-order chi connectivity index (χ0) is 19.6. The quantitative estimate of drug-likeness (QED) is 0.689. The van der Waals surface area contributed by atoms with Crippen molar-refractivity contribution < 1.29 is 9.90 Å². The molecule has 8 nitrogen and oxygen atoms in total. The molecular formula is C18H18ClN5O3. The number of benzene rings is 1. The van der Waals surface area contributed by atoms with E-state index in [1.54, 1.807) is 50.5 Å². The van der Waals surface area contributed by atoms with E-state index >= 15 is 0 Å². The average Bonchev–Trinajstić information content (AvgIpc) is 3.08. The molecule has 0 bridgehead atoms. The molecule has 0 aliphatic carbocycles. The van der Waals surface area contributed by atoms with E-state index < -0.39 is 17.5 Å². The molecule has 1 atom stereocenters. The zero-order valence-electron chi connectivity index (χ0n) is 14.8. The molecule has 0 saturated carbocycles. The van der Waals surface area contributed by atoms with Crippen molar-refractivity contribution in [1.29, 1.82) is 0 Å². The van der Waals surface area contributed by atoms with Gasteiger partial charge in [-0.25, -0.2) is 0 Å². The van der Waals surface area contributed by atoms with Gasteiger partial charge in [0.05, 0.1) is 12.3 Å². The summed E-state index contributed by atoms with van der Waals surface area (Å²) < 4.78 is 2.62. The van der Waals surface area contributed by atoms with Crippen LogP contribution in [-0.2, 0) is 7.05 Å². The molecule has 1 unspecified atom stereocenters. The first-order chi connectivity index (χ1) is 12.9.